The van der Waals surface area contributed by atoms with Gasteiger partial charge in [-0.3, -0.25) is 14.4 Å². The second-order valence-electron chi connectivity index (χ2n) is 8.49. The van der Waals surface area contributed by atoms with Crippen LogP contribution >= 0.6 is 11.8 Å². The Hall–Kier alpha value is -2.96. The zero-order valence-corrected chi connectivity index (χ0v) is 23.3. The van der Waals surface area contributed by atoms with E-state index in [1.807, 2.05) is 19.0 Å². The summed E-state index contributed by atoms with van der Waals surface area (Å²) >= 11 is 1.24. The molecule has 1 N–H and O–H groups in total. The van der Waals surface area contributed by atoms with Crippen LogP contribution < -0.4 is 5.32 Å². The molecule has 0 aliphatic carbocycles. The molecule has 0 bridgehead atoms. The molecule has 1 rings (SSSR count). The van der Waals surface area contributed by atoms with E-state index in [9.17, 15) is 24.0 Å². The Kier molecular flexibility index (Phi) is 16.7. The monoisotopic (exact) mass is 554 g/mol. The normalized spacial score (nSPS) is 11.5. The molecule has 0 fully saturated rings. The first kappa shape index (κ1) is 33.1. The Morgan fingerprint density at radius 2 is 1.45 bits per heavy atom. The molecule has 0 aliphatic heterocycles. The first-order valence-electron chi connectivity index (χ1n) is 12.3. The van der Waals surface area contributed by atoms with Gasteiger partial charge >= 0.3 is 17.9 Å². The van der Waals surface area contributed by atoms with Crippen molar-refractivity contribution < 1.29 is 42.9 Å². The number of methoxy groups -OCH3 is 1. The fourth-order valence-electron chi connectivity index (χ4n) is 2.95. The van der Waals surface area contributed by atoms with Gasteiger partial charge in [0.2, 0.25) is 5.91 Å². The van der Waals surface area contributed by atoms with Crippen LogP contribution in [0.5, 0.6) is 0 Å². The summed E-state index contributed by atoms with van der Waals surface area (Å²) in [5.74, 6) is -1.65. The van der Waals surface area contributed by atoms with Gasteiger partial charge in [0.15, 0.2) is 0 Å². The summed E-state index contributed by atoms with van der Waals surface area (Å²) in [5, 5.41) is 2.21. The van der Waals surface area contributed by atoms with Gasteiger partial charge in [-0.15, -0.1) is 11.8 Å². The van der Waals surface area contributed by atoms with Crippen molar-refractivity contribution >= 4 is 41.4 Å². The first-order valence-corrected chi connectivity index (χ1v) is 13.3. The third-order valence-corrected chi connectivity index (χ3v) is 6.36. The number of nitrogens with zero attached hydrogens (tertiary/aromatic N) is 1. The Morgan fingerprint density at radius 3 is 1.97 bits per heavy atom. The summed E-state index contributed by atoms with van der Waals surface area (Å²) in [6.45, 7) is 2.92. The topological polar surface area (TPSA) is 138 Å². The number of carbonyl (C=O) groups is 5. The van der Waals surface area contributed by atoms with Crippen molar-refractivity contribution in [3.05, 3.63) is 35.4 Å². The molecule has 11 nitrogen and oxygen atoms in total. The molecule has 0 saturated carbocycles. The van der Waals surface area contributed by atoms with Crippen LogP contribution in [0.15, 0.2) is 24.3 Å². The van der Waals surface area contributed by atoms with Crippen molar-refractivity contribution in [2.75, 3.05) is 66.5 Å². The number of ether oxygens (including phenoxy) is 4. The van der Waals surface area contributed by atoms with Gasteiger partial charge in [-0.2, -0.15) is 0 Å². The van der Waals surface area contributed by atoms with Crippen molar-refractivity contribution in [3.63, 3.8) is 0 Å². The van der Waals surface area contributed by atoms with Gasteiger partial charge in [-0.05, 0) is 58.3 Å². The number of thioether (sulfide) groups is 1. The van der Waals surface area contributed by atoms with Gasteiger partial charge in [0.05, 0.1) is 29.4 Å². The molecule has 38 heavy (non-hydrogen) atoms. The van der Waals surface area contributed by atoms with Crippen LogP contribution in [0.1, 0.15) is 46.9 Å². The van der Waals surface area contributed by atoms with Crippen molar-refractivity contribution in [3.8, 4) is 0 Å². The lowest BCUT2D eigenvalue weighted by Gasteiger charge is -2.13. The van der Waals surface area contributed by atoms with Crippen molar-refractivity contribution in [2.24, 2.45) is 0 Å². The number of esters is 3. The molecule has 0 heterocycles. The van der Waals surface area contributed by atoms with E-state index in [2.05, 4.69) is 5.32 Å². The van der Waals surface area contributed by atoms with E-state index in [0.717, 1.165) is 13.0 Å². The number of amides is 1. The number of ketones is 1. The predicted octanol–water partition coefficient (Wildman–Crippen LogP) is 1.73. The van der Waals surface area contributed by atoms with Crippen LogP contribution in [0.4, 0.5) is 0 Å². The van der Waals surface area contributed by atoms with E-state index < -0.39 is 23.2 Å². The molecule has 12 heteroatoms. The number of rotatable bonds is 19. The molecular formula is C26H38N2O9S. The predicted molar refractivity (Wildman–Crippen MR) is 142 cm³/mol. The molecule has 1 amide bonds. The maximum atomic E-state index is 12.2. The van der Waals surface area contributed by atoms with Crippen molar-refractivity contribution in [2.45, 2.75) is 31.4 Å². The zero-order valence-electron chi connectivity index (χ0n) is 22.5. The van der Waals surface area contributed by atoms with E-state index in [0.29, 0.717) is 12.3 Å². The molecule has 0 aliphatic rings. The number of nitrogens with one attached hydrogen (secondary N) is 1. The maximum Gasteiger partial charge on any atom is 0.338 e. The highest BCUT2D eigenvalue weighted by Crippen LogP contribution is 2.18. The standard InChI is InChI=1S/C26H38N2O9S/c1-19(29)22(38-17-10-23(30)27-11-5-12-28(2)3)18-24(31)35-15-16-37-26(33)21-8-6-20(7-9-21)25(32)36-14-13-34-4/h6-9,22H,5,10-18H2,1-4H3,(H,27,30). The summed E-state index contributed by atoms with van der Waals surface area (Å²) < 4.78 is 20.0. The summed E-state index contributed by atoms with van der Waals surface area (Å²) in [5.41, 5.74) is 0.504. The fourth-order valence-corrected chi connectivity index (χ4v) is 4.03. The number of hydrogen-bond donors (Lipinski definition) is 1. The molecule has 1 aromatic rings. The molecule has 0 radical (unpaired) electrons. The maximum absolute atomic E-state index is 12.2. The van der Waals surface area contributed by atoms with Crippen LogP contribution in [0.3, 0.4) is 0 Å². The number of hydrogen-bond acceptors (Lipinski definition) is 11. The lowest BCUT2D eigenvalue weighted by atomic mass is 10.1. The quantitative estimate of drug-likeness (QED) is 0.152. The van der Waals surface area contributed by atoms with E-state index in [1.54, 1.807) is 0 Å². The summed E-state index contributed by atoms with van der Waals surface area (Å²) in [6.07, 6.45) is 0.958. The minimum absolute atomic E-state index is 0.0976. The highest BCUT2D eigenvalue weighted by molar-refractivity contribution is 8.00. The van der Waals surface area contributed by atoms with Crippen LogP contribution in [-0.2, 0) is 33.3 Å². The summed E-state index contributed by atoms with van der Waals surface area (Å²) in [7, 11) is 5.43. The fraction of sp³-hybridized carbons (Fsp3) is 0.577. The third-order valence-electron chi connectivity index (χ3n) is 5.01. The molecule has 1 unspecified atom stereocenters. The van der Waals surface area contributed by atoms with Crippen molar-refractivity contribution in [1.29, 1.82) is 0 Å². The minimum Gasteiger partial charge on any atom is -0.462 e. The van der Waals surface area contributed by atoms with Gasteiger partial charge in [-0.25, -0.2) is 9.59 Å². The molecule has 0 aromatic heterocycles. The average Bonchev–Trinajstić information content (AvgIpc) is 2.88. The summed E-state index contributed by atoms with van der Waals surface area (Å²) in [6, 6.07) is 5.75. The van der Waals surface area contributed by atoms with Gasteiger partial charge in [0.25, 0.3) is 0 Å². The first-order chi connectivity index (χ1) is 18.1. The van der Waals surface area contributed by atoms with Crippen LogP contribution in [-0.4, -0.2) is 106 Å². The lowest BCUT2D eigenvalue weighted by molar-refractivity contribution is -0.145. The molecule has 1 aromatic carbocycles. The molecular weight excluding hydrogens is 516 g/mol. The summed E-state index contributed by atoms with van der Waals surface area (Å²) in [4.78, 5) is 62.0. The number of benzene rings is 1. The molecule has 1 atom stereocenters. The van der Waals surface area contributed by atoms with Gasteiger partial charge in [0, 0.05) is 25.8 Å². The highest BCUT2D eigenvalue weighted by Gasteiger charge is 2.20. The van der Waals surface area contributed by atoms with E-state index in [1.165, 1.54) is 50.1 Å². The molecule has 0 saturated heterocycles. The SMILES string of the molecule is COCCOC(=O)c1ccc(C(=O)OCCOC(=O)CC(SCCC(=O)NCCCN(C)C)C(C)=O)cc1. The Labute approximate surface area is 227 Å². The smallest absolute Gasteiger partial charge is 0.338 e. The Morgan fingerprint density at radius 1 is 0.895 bits per heavy atom. The second kappa shape index (κ2) is 19.2. The van der Waals surface area contributed by atoms with Crippen LogP contribution in [0, 0.1) is 0 Å². The highest BCUT2D eigenvalue weighted by atomic mass is 32.2. The minimum atomic E-state index is -0.641. The van der Waals surface area contributed by atoms with Gasteiger partial charge in [-0.1, -0.05) is 0 Å². The second-order valence-corrected chi connectivity index (χ2v) is 9.80. The van der Waals surface area contributed by atoms with E-state index in [-0.39, 0.29) is 62.1 Å². The lowest BCUT2D eigenvalue weighted by Crippen LogP contribution is -2.28. The molecule has 0 spiro atoms. The van der Waals surface area contributed by atoms with Gasteiger partial charge in [0.1, 0.15) is 25.6 Å². The number of Topliss-reactive ketones (excluding diaryl/α,β-unsaturated/α-hetero) is 1. The third kappa shape index (κ3) is 14.7. The van der Waals surface area contributed by atoms with Gasteiger partial charge < -0.3 is 29.2 Å². The van der Waals surface area contributed by atoms with Crippen molar-refractivity contribution in [1.82, 2.24) is 10.2 Å². The average molecular weight is 555 g/mol. The Balaban J connectivity index is 2.30. The zero-order chi connectivity index (χ0) is 28.3. The largest absolute Gasteiger partial charge is 0.462 e. The van der Waals surface area contributed by atoms with E-state index >= 15 is 0 Å². The number of carbonyl (C=O) groups excluding carboxylic acids is 5. The van der Waals surface area contributed by atoms with Crippen LogP contribution in [0.25, 0.3) is 0 Å². The van der Waals surface area contributed by atoms with Crippen LogP contribution in [0.2, 0.25) is 0 Å². The Bertz CT molecular complexity index is 906. The molecule has 212 valence electrons. The van der Waals surface area contributed by atoms with E-state index in [4.69, 9.17) is 18.9 Å².